The minimum Gasteiger partial charge on any atom is -0.153 e. The molecule has 1 aromatic rings. The van der Waals surface area contributed by atoms with Gasteiger partial charge in [0.25, 0.3) is 0 Å². The molecule has 0 amide bonds. The van der Waals surface area contributed by atoms with Crippen LogP contribution in [0.5, 0.6) is 0 Å². The van der Waals surface area contributed by atoms with E-state index in [1.165, 1.54) is 5.56 Å². The molecule has 0 aliphatic carbocycles. The van der Waals surface area contributed by atoms with Crippen LogP contribution in [0.4, 0.5) is 0 Å². The predicted molar refractivity (Wildman–Crippen MR) is 80.7 cm³/mol. The zero-order chi connectivity index (χ0) is 9.03. The Labute approximate surface area is 97.1 Å². The van der Waals surface area contributed by atoms with Crippen molar-refractivity contribution in [3.63, 3.8) is 0 Å². The highest BCUT2D eigenvalue weighted by atomic mass is 31.0. The summed E-state index contributed by atoms with van der Waals surface area (Å²) in [7, 11) is 2.82. The normalized spacial score (nSPS) is 9.93. The fraction of sp³-hybridized carbons (Fsp3) is 0.455. The van der Waals surface area contributed by atoms with Crippen molar-refractivity contribution in [2.24, 2.45) is 5.41 Å². The van der Waals surface area contributed by atoms with Gasteiger partial charge >= 0.3 is 0 Å². The van der Waals surface area contributed by atoms with E-state index in [9.17, 15) is 0 Å². The maximum Gasteiger partial charge on any atom is -0.0224 e. The van der Waals surface area contributed by atoms with E-state index in [0.29, 0.717) is 5.41 Å². The van der Waals surface area contributed by atoms with E-state index in [-0.39, 0.29) is 19.8 Å². The van der Waals surface area contributed by atoms with Crippen molar-refractivity contribution in [3.8, 4) is 0 Å². The molecule has 0 bridgehead atoms. The number of benzene rings is 1. The maximum absolute atomic E-state index is 2.82. The minimum atomic E-state index is 0. The van der Waals surface area contributed by atoms with Crippen LogP contribution < -0.4 is 0 Å². The van der Waals surface area contributed by atoms with Gasteiger partial charge in [-0.25, -0.2) is 0 Å². The van der Waals surface area contributed by atoms with Crippen molar-refractivity contribution in [2.45, 2.75) is 20.3 Å². The van der Waals surface area contributed by atoms with Gasteiger partial charge < -0.3 is 0 Å². The van der Waals surface area contributed by atoms with Gasteiger partial charge in [-0.2, -0.15) is 19.8 Å². The second-order valence-electron chi connectivity index (χ2n) is 4.03. The number of hydrogen-bond donors (Lipinski definition) is 0. The summed E-state index contributed by atoms with van der Waals surface area (Å²) in [6.07, 6.45) is 2.32. The zero-order valence-corrected chi connectivity index (χ0v) is 13.3. The summed E-state index contributed by atoms with van der Waals surface area (Å²) in [6, 6.07) is 10.7. The number of rotatable bonds is 3. The van der Waals surface area contributed by atoms with Crippen LogP contribution in [0.2, 0.25) is 0 Å². The van der Waals surface area contributed by atoms with Crippen molar-refractivity contribution >= 4 is 29.0 Å². The van der Waals surface area contributed by atoms with E-state index < -0.39 is 0 Å². The van der Waals surface area contributed by atoms with Gasteiger partial charge in [-0.15, -0.1) is 9.24 Å². The Morgan fingerprint density at radius 1 is 1.07 bits per heavy atom. The number of hydrogen-bond acceptors (Lipinski definition) is 0. The van der Waals surface area contributed by atoms with E-state index in [1.54, 1.807) is 0 Å². The Morgan fingerprint density at radius 3 is 2.00 bits per heavy atom. The molecule has 0 fully saturated rings. The molecule has 0 aliphatic rings. The average Bonchev–Trinajstić information content (AvgIpc) is 2.06. The molecule has 3 heteroatoms. The van der Waals surface area contributed by atoms with Crippen LogP contribution >= 0.6 is 29.0 Å². The molecule has 1 rings (SSSR count). The molecule has 0 saturated heterocycles. The van der Waals surface area contributed by atoms with Gasteiger partial charge in [-0.1, -0.05) is 44.2 Å². The van der Waals surface area contributed by atoms with Crippen LogP contribution in [0.1, 0.15) is 19.4 Å². The van der Waals surface area contributed by atoms with E-state index in [2.05, 4.69) is 53.4 Å². The van der Waals surface area contributed by atoms with Gasteiger partial charge in [0, 0.05) is 0 Å². The molecule has 3 unspecified atom stereocenters. The standard InChI is InChI=1S/C11H17P.2H3P/c1-11(2,9-12)8-10-6-4-3-5-7-10;;/h3-7H,8-9,12H2,1-2H3;2*1H3. The lowest BCUT2D eigenvalue weighted by Gasteiger charge is -2.22. The Balaban J connectivity index is 0. The lowest BCUT2D eigenvalue weighted by molar-refractivity contribution is 0.421. The summed E-state index contributed by atoms with van der Waals surface area (Å²) in [5, 5.41) is 0. The third kappa shape index (κ3) is 6.08. The van der Waals surface area contributed by atoms with E-state index >= 15 is 0 Å². The fourth-order valence-electron chi connectivity index (χ4n) is 1.22. The summed E-state index contributed by atoms with van der Waals surface area (Å²) in [4.78, 5) is 0. The smallest absolute Gasteiger partial charge is 0.0224 e. The molecular weight excluding hydrogens is 225 g/mol. The average molecular weight is 248 g/mol. The molecule has 0 nitrogen and oxygen atoms in total. The first kappa shape index (κ1) is 16.9. The van der Waals surface area contributed by atoms with Gasteiger partial charge in [-0.05, 0) is 23.6 Å². The summed E-state index contributed by atoms with van der Waals surface area (Å²) < 4.78 is 0. The molecule has 0 aliphatic heterocycles. The highest BCUT2D eigenvalue weighted by Crippen LogP contribution is 2.23. The third-order valence-corrected chi connectivity index (χ3v) is 3.18. The van der Waals surface area contributed by atoms with Crippen molar-refractivity contribution in [1.29, 1.82) is 0 Å². The second-order valence-corrected chi connectivity index (χ2v) is 4.44. The second kappa shape index (κ2) is 7.76. The van der Waals surface area contributed by atoms with E-state index in [4.69, 9.17) is 0 Å². The van der Waals surface area contributed by atoms with Crippen LogP contribution in [0.15, 0.2) is 30.3 Å². The molecule has 0 heterocycles. The zero-order valence-electron chi connectivity index (χ0n) is 9.29. The Kier molecular flexibility index (Phi) is 9.38. The minimum absolute atomic E-state index is 0. The van der Waals surface area contributed by atoms with Crippen LogP contribution in [-0.2, 0) is 6.42 Å². The molecule has 14 heavy (non-hydrogen) atoms. The van der Waals surface area contributed by atoms with Gasteiger partial charge in [0.15, 0.2) is 0 Å². The highest BCUT2D eigenvalue weighted by Gasteiger charge is 2.14. The van der Waals surface area contributed by atoms with Gasteiger partial charge in [0.05, 0.1) is 0 Å². The van der Waals surface area contributed by atoms with Crippen molar-refractivity contribution in [1.82, 2.24) is 0 Å². The summed E-state index contributed by atoms with van der Waals surface area (Å²) in [5.41, 5.74) is 1.84. The fourth-order valence-corrected chi connectivity index (χ4v) is 1.36. The molecule has 3 atom stereocenters. The highest BCUT2D eigenvalue weighted by molar-refractivity contribution is 7.16. The quantitative estimate of drug-likeness (QED) is 0.720. The maximum atomic E-state index is 2.82. The Morgan fingerprint density at radius 2 is 1.57 bits per heavy atom. The van der Waals surface area contributed by atoms with E-state index in [1.807, 2.05) is 0 Å². The monoisotopic (exact) mass is 248 g/mol. The van der Waals surface area contributed by atoms with Crippen molar-refractivity contribution in [2.75, 3.05) is 6.16 Å². The van der Waals surface area contributed by atoms with Gasteiger partial charge in [0.2, 0.25) is 0 Å². The summed E-state index contributed by atoms with van der Waals surface area (Å²) in [6.45, 7) is 4.60. The van der Waals surface area contributed by atoms with Crippen LogP contribution in [0.25, 0.3) is 0 Å². The molecule has 0 radical (unpaired) electrons. The predicted octanol–water partition coefficient (Wildman–Crippen LogP) is 3.25. The molecular formula is C11H23P3. The lowest BCUT2D eigenvalue weighted by atomic mass is 9.88. The Hall–Kier alpha value is 0.510. The first-order chi connectivity index (χ1) is 5.64. The third-order valence-electron chi connectivity index (χ3n) is 2.08. The summed E-state index contributed by atoms with van der Waals surface area (Å²) in [5.74, 6) is 0. The Bertz CT molecular complexity index is 232. The molecule has 0 N–H and O–H groups in total. The molecule has 0 saturated carbocycles. The van der Waals surface area contributed by atoms with Gasteiger partial charge in [-0.3, -0.25) is 0 Å². The summed E-state index contributed by atoms with van der Waals surface area (Å²) >= 11 is 0. The lowest BCUT2D eigenvalue weighted by Crippen LogP contribution is -2.16. The first-order valence-electron chi connectivity index (χ1n) is 4.38. The largest absolute Gasteiger partial charge is 0.153 e. The van der Waals surface area contributed by atoms with Crippen molar-refractivity contribution < 1.29 is 0 Å². The first-order valence-corrected chi connectivity index (χ1v) is 5.20. The molecule has 0 spiro atoms. The van der Waals surface area contributed by atoms with Crippen LogP contribution in [0, 0.1) is 5.41 Å². The van der Waals surface area contributed by atoms with Crippen LogP contribution in [-0.4, -0.2) is 6.16 Å². The van der Waals surface area contributed by atoms with Crippen molar-refractivity contribution in [3.05, 3.63) is 35.9 Å². The van der Waals surface area contributed by atoms with E-state index in [0.717, 1.165) is 12.6 Å². The van der Waals surface area contributed by atoms with Crippen LogP contribution in [0.3, 0.4) is 0 Å². The molecule has 0 aromatic heterocycles. The SMILES string of the molecule is CC(C)(CP)Cc1ccccc1.P.P. The topological polar surface area (TPSA) is 0 Å². The molecule has 1 aromatic carbocycles. The van der Waals surface area contributed by atoms with Gasteiger partial charge in [0.1, 0.15) is 0 Å². The molecule has 82 valence electrons.